The Morgan fingerprint density at radius 2 is 2.10 bits per heavy atom. The molecule has 0 aromatic carbocycles. The fourth-order valence-electron chi connectivity index (χ4n) is 5.79. The summed E-state index contributed by atoms with van der Waals surface area (Å²) in [6, 6.07) is 0. The zero-order chi connectivity index (χ0) is 15.0. The molecule has 0 saturated heterocycles. The van der Waals surface area contributed by atoms with Crippen LogP contribution in [0.25, 0.3) is 0 Å². The number of aliphatic hydroxyl groups is 1. The third kappa shape index (κ3) is 1.50. The summed E-state index contributed by atoms with van der Waals surface area (Å²) in [5.74, 6) is 1.55. The normalized spacial score (nSPS) is 54.9. The molecular formula is C19H26O2. The second-order valence-corrected chi connectivity index (χ2v) is 8.42. The predicted molar refractivity (Wildman–Crippen MR) is 82.6 cm³/mol. The van der Waals surface area contributed by atoms with E-state index in [0.717, 1.165) is 37.7 Å². The Morgan fingerprint density at radius 1 is 1.33 bits per heavy atom. The van der Waals surface area contributed by atoms with Crippen LogP contribution in [-0.2, 0) is 4.79 Å². The van der Waals surface area contributed by atoms with Crippen molar-refractivity contribution in [2.24, 2.45) is 28.6 Å². The maximum Gasteiger partial charge on any atom is 0.159 e. The second-order valence-electron chi connectivity index (χ2n) is 8.42. The van der Waals surface area contributed by atoms with E-state index in [1.807, 2.05) is 6.08 Å². The number of carbonyl (C=O) groups excluding carboxylic acids is 1. The van der Waals surface area contributed by atoms with Crippen LogP contribution < -0.4 is 0 Å². The first-order valence-electron chi connectivity index (χ1n) is 8.46. The molecule has 0 amide bonds. The summed E-state index contributed by atoms with van der Waals surface area (Å²) in [5.41, 5.74) is 0.184. The van der Waals surface area contributed by atoms with Crippen LogP contribution in [0, 0.1) is 28.6 Å². The highest BCUT2D eigenvalue weighted by Gasteiger charge is 2.71. The van der Waals surface area contributed by atoms with Crippen molar-refractivity contribution in [1.82, 2.24) is 0 Å². The van der Waals surface area contributed by atoms with Crippen molar-refractivity contribution in [3.8, 4) is 0 Å². The van der Waals surface area contributed by atoms with E-state index in [4.69, 9.17) is 0 Å². The van der Waals surface area contributed by atoms with Gasteiger partial charge in [-0.05, 0) is 67.4 Å². The highest BCUT2D eigenvalue weighted by atomic mass is 16.3. The van der Waals surface area contributed by atoms with Gasteiger partial charge in [-0.2, -0.15) is 0 Å². The second kappa shape index (κ2) is 3.90. The van der Waals surface area contributed by atoms with Crippen molar-refractivity contribution in [1.29, 1.82) is 0 Å². The molecule has 2 heteroatoms. The highest BCUT2D eigenvalue weighted by molar-refractivity contribution is 5.97. The molecule has 1 N–H and O–H groups in total. The van der Waals surface area contributed by atoms with E-state index in [0.29, 0.717) is 11.8 Å². The average Bonchev–Trinajstić information content (AvgIpc) is 3.16. The molecule has 0 aromatic rings. The van der Waals surface area contributed by atoms with Gasteiger partial charge in [-0.1, -0.05) is 19.9 Å². The van der Waals surface area contributed by atoms with E-state index in [9.17, 15) is 9.90 Å². The molecule has 0 aliphatic heterocycles. The van der Waals surface area contributed by atoms with Gasteiger partial charge >= 0.3 is 0 Å². The third-order valence-electron chi connectivity index (χ3n) is 7.58. The van der Waals surface area contributed by atoms with Gasteiger partial charge in [-0.25, -0.2) is 0 Å². The predicted octanol–water partition coefficient (Wildman–Crippen LogP) is 3.66. The molecule has 3 saturated carbocycles. The minimum absolute atomic E-state index is 0.0126. The molecule has 21 heavy (non-hydrogen) atoms. The first-order valence-corrected chi connectivity index (χ1v) is 8.46. The minimum atomic E-state index is -0.724. The molecule has 0 unspecified atom stereocenters. The number of ketones is 1. The Balaban J connectivity index is 1.78. The topological polar surface area (TPSA) is 37.3 Å². The van der Waals surface area contributed by atoms with E-state index in [1.165, 1.54) is 6.42 Å². The van der Waals surface area contributed by atoms with Crippen molar-refractivity contribution in [3.05, 3.63) is 24.3 Å². The van der Waals surface area contributed by atoms with Gasteiger partial charge in [0.25, 0.3) is 0 Å². The van der Waals surface area contributed by atoms with Crippen LogP contribution in [0.2, 0.25) is 0 Å². The van der Waals surface area contributed by atoms with Crippen LogP contribution in [0.15, 0.2) is 24.3 Å². The molecule has 4 aliphatic carbocycles. The van der Waals surface area contributed by atoms with Crippen LogP contribution >= 0.6 is 0 Å². The maximum absolute atomic E-state index is 12.4. The lowest BCUT2D eigenvalue weighted by atomic mass is 9.49. The van der Waals surface area contributed by atoms with Crippen molar-refractivity contribution < 1.29 is 9.90 Å². The number of hydrogen-bond acceptors (Lipinski definition) is 2. The molecular weight excluding hydrogens is 260 g/mol. The molecule has 0 heterocycles. The zero-order valence-electron chi connectivity index (χ0n) is 13.2. The molecule has 3 fully saturated rings. The van der Waals surface area contributed by atoms with Crippen molar-refractivity contribution in [2.45, 2.75) is 58.0 Å². The van der Waals surface area contributed by atoms with E-state index in [1.54, 1.807) is 0 Å². The number of fused-ring (bicyclic) bond motifs is 5. The Hall–Kier alpha value is -0.890. The fourth-order valence-corrected chi connectivity index (χ4v) is 5.79. The molecule has 4 aliphatic rings. The first kappa shape index (κ1) is 13.8. The van der Waals surface area contributed by atoms with Gasteiger partial charge in [-0.15, -0.1) is 6.58 Å². The van der Waals surface area contributed by atoms with Gasteiger partial charge in [0.05, 0.1) is 5.60 Å². The fraction of sp³-hybridized carbons (Fsp3) is 0.737. The molecule has 0 radical (unpaired) electrons. The third-order valence-corrected chi connectivity index (χ3v) is 7.58. The monoisotopic (exact) mass is 286 g/mol. The van der Waals surface area contributed by atoms with E-state index in [2.05, 4.69) is 26.5 Å². The van der Waals surface area contributed by atoms with Gasteiger partial charge in [0, 0.05) is 11.3 Å². The number of carbonyl (C=O) groups is 1. The SMILES string of the molecule is C=C[C@@H]1CC[C@@]2(C)C3=CC(=O)[C@@H]4C[C@]4(C)[C@]3(O)CC[C@@H]2C1. The standard InChI is InChI=1S/C19H26O2/c1-4-12-5-7-17(2)13(9-12)6-8-19(21)16(17)10-15(20)14-11-18(14,19)3/h4,10,12-14,21H,1,5-9,11H2,2-3H3/t12-,13-,14+,17-,18+,19+/m1/s1. The Labute approximate surface area is 127 Å². The van der Waals surface area contributed by atoms with E-state index in [-0.39, 0.29) is 22.5 Å². The van der Waals surface area contributed by atoms with Crippen molar-refractivity contribution >= 4 is 5.78 Å². The molecule has 0 aromatic heterocycles. The molecule has 114 valence electrons. The number of hydrogen-bond donors (Lipinski definition) is 1. The van der Waals surface area contributed by atoms with Crippen LogP contribution in [0.5, 0.6) is 0 Å². The number of rotatable bonds is 1. The Morgan fingerprint density at radius 3 is 2.81 bits per heavy atom. The lowest BCUT2D eigenvalue weighted by Gasteiger charge is -2.57. The van der Waals surface area contributed by atoms with Crippen LogP contribution in [0.1, 0.15) is 52.4 Å². The van der Waals surface area contributed by atoms with E-state index < -0.39 is 5.60 Å². The molecule has 6 atom stereocenters. The zero-order valence-corrected chi connectivity index (χ0v) is 13.2. The van der Waals surface area contributed by atoms with Gasteiger partial charge in [0.1, 0.15) is 0 Å². The van der Waals surface area contributed by atoms with Crippen LogP contribution in [0.4, 0.5) is 0 Å². The van der Waals surface area contributed by atoms with Gasteiger partial charge in [0.15, 0.2) is 5.78 Å². The summed E-state index contributed by atoms with van der Waals surface area (Å²) in [6.45, 7) is 8.39. The molecule has 0 bridgehead atoms. The van der Waals surface area contributed by atoms with E-state index >= 15 is 0 Å². The van der Waals surface area contributed by atoms with Crippen LogP contribution in [0.3, 0.4) is 0 Å². The first-order chi connectivity index (χ1) is 9.85. The van der Waals surface area contributed by atoms with Crippen LogP contribution in [-0.4, -0.2) is 16.5 Å². The van der Waals surface area contributed by atoms with Gasteiger partial charge in [-0.3, -0.25) is 4.79 Å². The summed E-state index contributed by atoms with van der Waals surface area (Å²) in [6.07, 6.45) is 10.1. The largest absolute Gasteiger partial charge is 0.385 e. The summed E-state index contributed by atoms with van der Waals surface area (Å²) in [7, 11) is 0. The van der Waals surface area contributed by atoms with Gasteiger partial charge in [0.2, 0.25) is 0 Å². The molecule has 0 spiro atoms. The minimum Gasteiger partial charge on any atom is -0.385 e. The lowest BCUT2D eigenvalue weighted by Crippen LogP contribution is -2.56. The van der Waals surface area contributed by atoms with Gasteiger partial charge < -0.3 is 5.11 Å². The smallest absolute Gasteiger partial charge is 0.159 e. The Kier molecular flexibility index (Phi) is 2.55. The number of allylic oxidation sites excluding steroid dienone is 2. The summed E-state index contributed by atoms with van der Waals surface area (Å²) in [5, 5.41) is 11.5. The Bertz CT molecular complexity index is 562. The van der Waals surface area contributed by atoms with Crippen molar-refractivity contribution in [2.75, 3.05) is 0 Å². The summed E-state index contributed by atoms with van der Waals surface area (Å²) >= 11 is 0. The maximum atomic E-state index is 12.4. The molecule has 4 rings (SSSR count). The quantitative estimate of drug-likeness (QED) is 0.747. The summed E-state index contributed by atoms with van der Waals surface area (Å²) in [4.78, 5) is 12.4. The van der Waals surface area contributed by atoms with Crippen molar-refractivity contribution in [3.63, 3.8) is 0 Å². The summed E-state index contributed by atoms with van der Waals surface area (Å²) < 4.78 is 0. The highest BCUT2D eigenvalue weighted by Crippen LogP contribution is 2.71. The lowest BCUT2D eigenvalue weighted by molar-refractivity contribution is -0.124. The average molecular weight is 286 g/mol. The molecule has 2 nitrogen and oxygen atoms in total.